The minimum absolute atomic E-state index is 0.772. The van der Waals surface area contributed by atoms with Gasteiger partial charge in [-0.25, -0.2) is 0 Å². The Morgan fingerprint density at radius 3 is 3.27 bits per heavy atom. The summed E-state index contributed by atoms with van der Waals surface area (Å²) in [6.45, 7) is 0.855. The van der Waals surface area contributed by atoms with E-state index in [1.165, 1.54) is 5.56 Å². The van der Waals surface area contributed by atoms with E-state index in [1.54, 1.807) is 0 Å². The summed E-state index contributed by atoms with van der Waals surface area (Å²) < 4.78 is 0. The third-order valence-corrected chi connectivity index (χ3v) is 1.94. The fourth-order valence-corrected chi connectivity index (χ4v) is 1.35. The Labute approximate surface area is 70.1 Å². The van der Waals surface area contributed by atoms with Crippen LogP contribution in [0.25, 0.3) is 0 Å². The number of hydroxylamine groups is 1. The molecule has 58 valence electrons. The molecule has 0 spiro atoms. The van der Waals surface area contributed by atoms with E-state index in [9.17, 15) is 0 Å². The van der Waals surface area contributed by atoms with E-state index in [2.05, 4.69) is 5.48 Å². The second-order valence-corrected chi connectivity index (χ2v) is 2.93. The van der Waals surface area contributed by atoms with E-state index in [0.717, 1.165) is 23.7 Å². The van der Waals surface area contributed by atoms with Crippen molar-refractivity contribution in [3.05, 3.63) is 28.8 Å². The van der Waals surface area contributed by atoms with Crippen LogP contribution in [0.5, 0.6) is 5.75 Å². The maximum atomic E-state index is 5.80. The molecule has 0 saturated heterocycles. The van der Waals surface area contributed by atoms with Crippen LogP contribution in [0.15, 0.2) is 18.2 Å². The van der Waals surface area contributed by atoms with E-state index in [-0.39, 0.29) is 0 Å². The highest BCUT2D eigenvalue weighted by molar-refractivity contribution is 6.30. The van der Waals surface area contributed by atoms with Gasteiger partial charge >= 0.3 is 0 Å². The van der Waals surface area contributed by atoms with Crippen molar-refractivity contribution in [2.24, 2.45) is 0 Å². The Kier molecular flexibility index (Phi) is 1.72. The van der Waals surface area contributed by atoms with Crippen molar-refractivity contribution in [2.45, 2.75) is 6.42 Å². The zero-order valence-electron chi connectivity index (χ0n) is 5.93. The van der Waals surface area contributed by atoms with E-state index in [4.69, 9.17) is 16.4 Å². The summed E-state index contributed by atoms with van der Waals surface area (Å²) >= 11 is 5.80. The minimum Gasteiger partial charge on any atom is -0.408 e. The van der Waals surface area contributed by atoms with Crippen LogP contribution in [0.1, 0.15) is 5.56 Å². The number of halogens is 1. The predicted octanol–water partition coefficient (Wildman–Crippen LogP) is 1.78. The molecular formula is C8H8ClNO. The molecule has 3 heteroatoms. The first-order valence-corrected chi connectivity index (χ1v) is 3.92. The zero-order valence-corrected chi connectivity index (χ0v) is 6.69. The van der Waals surface area contributed by atoms with E-state index in [0.29, 0.717) is 0 Å². The third kappa shape index (κ3) is 1.32. The summed E-state index contributed by atoms with van der Waals surface area (Å²) in [4.78, 5) is 5.17. The maximum absolute atomic E-state index is 5.80. The van der Waals surface area contributed by atoms with Crippen LogP contribution < -0.4 is 10.3 Å². The van der Waals surface area contributed by atoms with Crippen molar-refractivity contribution in [3.8, 4) is 5.75 Å². The number of hydrogen-bond acceptors (Lipinski definition) is 2. The lowest BCUT2D eigenvalue weighted by atomic mass is 10.1. The van der Waals surface area contributed by atoms with Crippen molar-refractivity contribution in [1.29, 1.82) is 0 Å². The standard InChI is InChI=1S/C8H8ClNO/c9-7-1-2-8-6(5-7)3-4-10-11-8/h1-2,5,10H,3-4H2. The van der Waals surface area contributed by atoms with Crippen LogP contribution in [-0.2, 0) is 6.42 Å². The van der Waals surface area contributed by atoms with Crippen LogP contribution in [0.2, 0.25) is 5.02 Å². The van der Waals surface area contributed by atoms with Gasteiger partial charge in [-0.15, -0.1) is 0 Å². The molecule has 1 N–H and O–H groups in total. The molecule has 11 heavy (non-hydrogen) atoms. The quantitative estimate of drug-likeness (QED) is 0.639. The molecule has 0 atom stereocenters. The first-order valence-electron chi connectivity index (χ1n) is 3.54. The van der Waals surface area contributed by atoms with Gasteiger partial charge in [0.2, 0.25) is 0 Å². The molecular weight excluding hydrogens is 162 g/mol. The van der Waals surface area contributed by atoms with Crippen LogP contribution in [0.3, 0.4) is 0 Å². The van der Waals surface area contributed by atoms with Crippen LogP contribution in [-0.4, -0.2) is 6.54 Å². The van der Waals surface area contributed by atoms with Gasteiger partial charge in [-0.2, -0.15) is 5.48 Å². The van der Waals surface area contributed by atoms with Gasteiger partial charge in [0.05, 0.1) is 0 Å². The Hall–Kier alpha value is -0.730. The van der Waals surface area contributed by atoms with Gasteiger partial charge in [-0.05, 0) is 30.2 Å². The predicted molar refractivity (Wildman–Crippen MR) is 43.8 cm³/mol. The van der Waals surface area contributed by atoms with Crippen LogP contribution >= 0.6 is 11.6 Å². The molecule has 0 saturated carbocycles. The van der Waals surface area contributed by atoms with Crippen LogP contribution in [0, 0.1) is 0 Å². The Balaban J connectivity index is 2.43. The lowest BCUT2D eigenvalue weighted by Crippen LogP contribution is -2.26. The number of hydrogen-bond donors (Lipinski definition) is 1. The van der Waals surface area contributed by atoms with Crippen molar-refractivity contribution >= 4 is 11.6 Å². The minimum atomic E-state index is 0.772. The van der Waals surface area contributed by atoms with Gasteiger partial charge in [0.1, 0.15) is 5.75 Å². The van der Waals surface area contributed by atoms with Crippen molar-refractivity contribution in [1.82, 2.24) is 5.48 Å². The summed E-state index contributed by atoms with van der Waals surface area (Å²) in [5, 5.41) is 0.772. The maximum Gasteiger partial charge on any atom is 0.150 e. The SMILES string of the molecule is Clc1ccc2c(c1)CCNO2. The van der Waals surface area contributed by atoms with Crippen molar-refractivity contribution in [3.63, 3.8) is 0 Å². The van der Waals surface area contributed by atoms with Gasteiger partial charge in [-0.3, -0.25) is 0 Å². The van der Waals surface area contributed by atoms with Crippen LogP contribution in [0.4, 0.5) is 0 Å². The Morgan fingerprint density at radius 1 is 1.45 bits per heavy atom. The molecule has 2 rings (SSSR count). The average molecular weight is 170 g/mol. The molecule has 1 aliphatic heterocycles. The second-order valence-electron chi connectivity index (χ2n) is 2.50. The smallest absolute Gasteiger partial charge is 0.150 e. The normalized spacial score (nSPS) is 15.4. The first-order chi connectivity index (χ1) is 5.36. The number of rotatable bonds is 0. The highest BCUT2D eigenvalue weighted by Crippen LogP contribution is 2.24. The molecule has 0 aliphatic carbocycles. The molecule has 1 aromatic carbocycles. The summed E-state index contributed by atoms with van der Waals surface area (Å²) in [5.41, 5.74) is 3.99. The number of fused-ring (bicyclic) bond motifs is 1. The molecule has 2 nitrogen and oxygen atoms in total. The van der Waals surface area contributed by atoms with Gasteiger partial charge in [0.15, 0.2) is 0 Å². The summed E-state index contributed by atoms with van der Waals surface area (Å²) in [6.07, 6.45) is 0.982. The van der Waals surface area contributed by atoms with E-state index in [1.807, 2.05) is 18.2 Å². The number of benzene rings is 1. The molecule has 1 heterocycles. The van der Waals surface area contributed by atoms with Gasteiger partial charge < -0.3 is 4.84 Å². The van der Waals surface area contributed by atoms with Gasteiger partial charge in [0.25, 0.3) is 0 Å². The first kappa shape index (κ1) is 6.95. The molecule has 0 aromatic heterocycles. The summed E-state index contributed by atoms with van der Waals surface area (Å²) in [7, 11) is 0. The average Bonchev–Trinajstić information content (AvgIpc) is 2.04. The Bertz CT molecular complexity index is 275. The van der Waals surface area contributed by atoms with Gasteiger partial charge in [0, 0.05) is 11.6 Å². The lowest BCUT2D eigenvalue weighted by Gasteiger charge is -2.16. The fraction of sp³-hybridized carbons (Fsp3) is 0.250. The molecule has 0 bridgehead atoms. The lowest BCUT2D eigenvalue weighted by molar-refractivity contribution is 0.180. The molecule has 0 radical (unpaired) electrons. The van der Waals surface area contributed by atoms with Crippen molar-refractivity contribution < 1.29 is 4.84 Å². The van der Waals surface area contributed by atoms with Crippen molar-refractivity contribution in [2.75, 3.05) is 6.54 Å². The van der Waals surface area contributed by atoms with E-state index < -0.39 is 0 Å². The fourth-order valence-electron chi connectivity index (χ4n) is 1.16. The summed E-state index contributed by atoms with van der Waals surface area (Å²) in [5.74, 6) is 0.889. The second kappa shape index (κ2) is 2.72. The third-order valence-electron chi connectivity index (χ3n) is 1.70. The Morgan fingerprint density at radius 2 is 2.36 bits per heavy atom. The zero-order chi connectivity index (χ0) is 7.68. The molecule has 0 amide bonds. The summed E-state index contributed by atoms with van der Waals surface area (Å²) in [6, 6.07) is 5.65. The molecule has 1 aliphatic rings. The largest absolute Gasteiger partial charge is 0.408 e. The highest BCUT2D eigenvalue weighted by atomic mass is 35.5. The molecule has 0 fully saturated rings. The van der Waals surface area contributed by atoms with E-state index >= 15 is 0 Å². The molecule has 1 aromatic rings. The monoisotopic (exact) mass is 169 g/mol. The topological polar surface area (TPSA) is 21.3 Å². The van der Waals surface area contributed by atoms with Gasteiger partial charge in [-0.1, -0.05) is 11.6 Å². The highest BCUT2D eigenvalue weighted by Gasteiger charge is 2.09. The number of nitrogens with one attached hydrogen (secondary N) is 1. The molecule has 0 unspecified atom stereocenters.